The van der Waals surface area contributed by atoms with E-state index in [-0.39, 0.29) is 5.91 Å². The van der Waals surface area contributed by atoms with E-state index in [1.54, 1.807) is 0 Å². The highest BCUT2D eigenvalue weighted by Crippen LogP contribution is 2.45. The summed E-state index contributed by atoms with van der Waals surface area (Å²) in [6.45, 7) is 0. The molecule has 1 saturated heterocycles. The van der Waals surface area contributed by atoms with Gasteiger partial charge in [-0.05, 0) is 35.9 Å². The Morgan fingerprint density at radius 2 is 1.83 bits per heavy atom. The van der Waals surface area contributed by atoms with Gasteiger partial charge in [0.05, 0.1) is 4.58 Å². The van der Waals surface area contributed by atoms with Crippen LogP contribution < -0.4 is 10.2 Å². The van der Waals surface area contributed by atoms with Crippen LogP contribution in [0, 0.1) is 0 Å². The Balaban J connectivity index is 1.75. The second-order valence-corrected chi connectivity index (χ2v) is 8.32. The van der Waals surface area contributed by atoms with Gasteiger partial charge in [0, 0.05) is 42.5 Å². The number of anilines is 2. The molecule has 0 aromatic heterocycles. The first-order chi connectivity index (χ1) is 11.1. The van der Waals surface area contributed by atoms with Crippen LogP contribution in [0.25, 0.3) is 0 Å². The largest absolute Gasteiger partial charge is 0.378 e. The van der Waals surface area contributed by atoms with Crippen LogP contribution in [0.3, 0.4) is 0 Å². The van der Waals surface area contributed by atoms with Crippen molar-refractivity contribution in [3.05, 3.63) is 59.7 Å². The summed E-state index contributed by atoms with van der Waals surface area (Å²) in [5.74, 6) is 2.32. The molecule has 0 saturated carbocycles. The summed E-state index contributed by atoms with van der Waals surface area (Å²) in [7, 11) is 3.94. The van der Waals surface area contributed by atoms with Crippen LogP contribution in [-0.2, 0) is 0 Å². The van der Waals surface area contributed by atoms with Crippen molar-refractivity contribution >= 4 is 40.8 Å². The van der Waals surface area contributed by atoms with Crippen LogP contribution in [0.5, 0.6) is 0 Å². The van der Waals surface area contributed by atoms with Crippen molar-refractivity contribution in [2.45, 2.75) is 4.58 Å². The van der Waals surface area contributed by atoms with Gasteiger partial charge in [-0.2, -0.15) is 0 Å². The molecule has 0 bridgehead atoms. The maximum atomic E-state index is 12.5. The van der Waals surface area contributed by atoms with Crippen molar-refractivity contribution in [3.8, 4) is 0 Å². The Bertz CT molecular complexity index is 697. The Hall–Kier alpha value is -1.59. The van der Waals surface area contributed by atoms with Gasteiger partial charge >= 0.3 is 0 Å². The molecule has 0 aliphatic carbocycles. The molecule has 1 fully saturated rings. The summed E-state index contributed by atoms with van der Waals surface area (Å²) >= 11 is 3.94. The van der Waals surface area contributed by atoms with Crippen LogP contribution in [0.4, 0.5) is 11.4 Å². The predicted molar refractivity (Wildman–Crippen MR) is 103 cm³/mol. The normalized spacial score (nSPS) is 14.7. The molecular weight excluding hydrogens is 324 g/mol. The third-order valence-electron chi connectivity index (χ3n) is 3.66. The van der Waals surface area contributed by atoms with Crippen LogP contribution in [-0.4, -0.2) is 31.5 Å². The lowest BCUT2D eigenvalue weighted by atomic mass is 10.1. The fourth-order valence-electron chi connectivity index (χ4n) is 2.44. The molecule has 0 spiro atoms. The average Bonchev–Trinajstić information content (AvgIpc) is 3.10. The molecule has 2 aromatic rings. The second-order valence-electron chi connectivity index (χ2n) is 5.60. The summed E-state index contributed by atoms with van der Waals surface area (Å²) in [6, 6.07) is 15.8. The second kappa shape index (κ2) is 7.32. The third kappa shape index (κ3) is 4.03. The van der Waals surface area contributed by atoms with Crippen molar-refractivity contribution in [1.29, 1.82) is 0 Å². The number of rotatable bonds is 4. The van der Waals surface area contributed by atoms with Gasteiger partial charge in [-0.3, -0.25) is 4.79 Å². The molecule has 2 aromatic carbocycles. The minimum absolute atomic E-state index is 0.0717. The molecule has 0 radical (unpaired) electrons. The first-order valence-corrected chi connectivity index (χ1v) is 9.65. The fourth-order valence-corrected chi connectivity index (χ4v) is 5.28. The number of carbonyl (C=O) groups excluding carboxylic acids is 1. The molecule has 0 atom stereocenters. The molecule has 1 heterocycles. The minimum Gasteiger partial charge on any atom is -0.378 e. The smallest absolute Gasteiger partial charge is 0.255 e. The number of benzene rings is 2. The fraction of sp³-hybridized carbons (Fsp3) is 0.278. The first-order valence-electron chi connectivity index (χ1n) is 7.55. The Kier molecular flexibility index (Phi) is 5.18. The summed E-state index contributed by atoms with van der Waals surface area (Å²) in [5, 5.41) is 3.01. The highest BCUT2D eigenvalue weighted by atomic mass is 32.2. The molecule has 23 heavy (non-hydrogen) atoms. The van der Waals surface area contributed by atoms with Gasteiger partial charge in [-0.15, -0.1) is 23.5 Å². The average molecular weight is 345 g/mol. The van der Waals surface area contributed by atoms with Crippen LogP contribution in [0.1, 0.15) is 20.5 Å². The molecule has 1 aliphatic rings. The number of carbonyl (C=O) groups is 1. The van der Waals surface area contributed by atoms with Crippen LogP contribution in [0.2, 0.25) is 0 Å². The zero-order chi connectivity index (χ0) is 16.2. The van der Waals surface area contributed by atoms with Gasteiger partial charge in [-0.1, -0.05) is 18.2 Å². The number of thioether (sulfide) groups is 2. The van der Waals surface area contributed by atoms with E-state index < -0.39 is 0 Å². The zero-order valence-corrected chi connectivity index (χ0v) is 14.9. The minimum atomic E-state index is -0.0717. The van der Waals surface area contributed by atoms with Gasteiger partial charge < -0.3 is 10.2 Å². The van der Waals surface area contributed by atoms with E-state index in [1.807, 2.05) is 78.9 Å². The Morgan fingerprint density at radius 1 is 1.09 bits per heavy atom. The van der Waals surface area contributed by atoms with E-state index in [4.69, 9.17) is 0 Å². The summed E-state index contributed by atoms with van der Waals surface area (Å²) in [6.07, 6.45) is 0. The maximum absolute atomic E-state index is 12.5. The van der Waals surface area contributed by atoms with Gasteiger partial charge in [0.15, 0.2) is 0 Å². The SMILES string of the molecule is CN(C)c1cccc(C(=O)Nc2cccc(C3SCCS3)c2)c1. The Labute approximate surface area is 145 Å². The number of nitrogens with zero attached hydrogens (tertiary/aromatic N) is 1. The summed E-state index contributed by atoms with van der Waals surface area (Å²) < 4.78 is 0.490. The molecule has 3 nitrogen and oxygen atoms in total. The van der Waals surface area contributed by atoms with E-state index in [9.17, 15) is 4.79 Å². The topological polar surface area (TPSA) is 32.3 Å². The Morgan fingerprint density at radius 3 is 2.57 bits per heavy atom. The van der Waals surface area contributed by atoms with Gasteiger partial charge in [0.2, 0.25) is 0 Å². The molecule has 1 amide bonds. The van der Waals surface area contributed by atoms with Crippen molar-refractivity contribution in [1.82, 2.24) is 0 Å². The maximum Gasteiger partial charge on any atom is 0.255 e. The number of hydrogen-bond acceptors (Lipinski definition) is 4. The van der Waals surface area contributed by atoms with Crippen LogP contribution in [0.15, 0.2) is 48.5 Å². The lowest BCUT2D eigenvalue weighted by Crippen LogP contribution is -2.14. The van der Waals surface area contributed by atoms with E-state index in [1.165, 1.54) is 17.1 Å². The van der Waals surface area contributed by atoms with Crippen molar-refractivity contribution in [2.24, 2.45) is 0 Å². The van der Waals surface area contributed by atoms with E-state index in [2.05, 4.69) is 17.4 Å². The van der Waals surface area contributed by atoms with Crippen molar-refractivity contribution in [2.75, 3.05) is 35.8 Å². The predicted octanol–water partition coefficient (Wildman–Crippen LogP) is 4.48. The molecule has 1 aliphatic heterocycles. The molecule has 5 heteroatoms. The lowest BCUT2D eigenvalue weighted by Gasteiger charge is -2.14. The lowest BCUT2D eigenvalue weighted by molar-refractivity contribution is 0.102. The van der Waals surface area contributed by atoms with E-state index in [0.717, 1.165) is 11.4 Å². The van der Waals surface area contributed by atoms with Gasteiger partial charge in [0.1, 0.15) is 0 Å². The zero-order valence-electron chi connectivity index (χ0n) is 13.3. The highest BCUT2D eigenvalue weighted by Gasteiger charge is 2.18. The summed E-state index contributed by atoms with van der Waals surface area (Å²) in [5.41, 5.74) is 3.82. The third-order valence-corrected chi connectivity index (χ3v) is 6.77. The number of hydrogen-bond donors (Lipinski definition) is 1. The monoisotopic (exact) mass is 344 g/mol. The number of nitrogens with one attached hydrogen (secondary N) is 1. The number of amides is 1. The highest BCUT2D eigenvalue weighted by molar-refractivity contribution is 8.19. The molecule has 1 N–H and O–H groups in total. The van der Waals surface area contributed by atoms with E-state index in [0.29, 0.717) is 10.1 Å². The molecular formula is C18H20N2OS2. The molecule has 3 rings (SSSR count). The quantitative estimate of drug-likeness (QED) is 0.886. The first kappa shape index (κ1) is 16.3. The standard InChI is InChI=1S/C18H20N2OS2/c1-20(2)16-8-4-5-13(12-16)17(21)19-15-7-3-6-14(11-15)18-22-9-10-23-18/h3-8,11-12,18H,9-10H2,1-2H3,(H,19,21). The van der Waals surface area contributed by atoms with Crippen molar-refractivity contribution in [3.63, 3.8) is 0 Å². The van der Waals surface area contributed by atoms with E-state index >= 15 is 0 Å². The molecule has 120 valence electrons. The van der Waals surface area contributed by atoms with Gasteiger partial charge in [0.25, 0.3) is 5.91 Å². The van der Waals surface area contributed by atoms with Crippen LogP contribution >= 0.6 is 23.5 Å². The van der Waals surface area contributed by atoms with Crippen molar-refractivity contribution < 1.29 is 4.79 Å². The summed E-state index contributed by atoms with van der Waals surface area (Å²) in [4.78, 5) is 14.5. The van der Waals surface area contributed by atoms with Gasteiger partial charge in [-0.25, -0.2) is 0 Å². The molecule has 0 unspecified atom stereocenters.